The lowest BCUT2D eigenvalue weighted by Gasteiger charge is -2.41. The molecule has 2 unspecified atom stereocenters. The maximum Gasteiger partial charge on any atom is 0.416 e. The monoisotopic (exact) mass is 440 g/mol. The number of esters is 1. The van der Waals surface area contributed by atoms with E-state index in [0.717, 1.165) is 0 Å². The molecule has 0 aromatic heterocycles. The van der Waals surface area contributed by atoms with Gasteiger partial charge in [-0.05, 0) is 48.8 Å². The van der Waals surface area contributed by atoms with Crippen LogP contribution in [-0.2, 0) is 17.1 Å². The molecule has 1 aromatic rings. The molecule has 0 bridgehead atoms. The van der Waals surface area contributed by atoms with Gasteiger partial charge in [0.25, 0.3) is 0 Å². The fourth-order valence-corrected chi connectivity index (χ4v) is 4.32. The number of hydrogen-bond donors (Lipinski definition) is 0. The maximum atomic E-state index is 13.2. The van der Waals surface area contributed by atoms with Gasteiger partial charge in [0.05, 0.1) is 16.5 Å². The van der Waals surface area contributed by atoms with Gasteiger partial charge in [-0.3, -0.25) is 4.79 Å². The van der Waals surface area contributed by atoms with Crippen LogP contribution >= 0.6 is 0 Å². The van der Waals surface area contributed by atoms with Crippen molar-refractivity contribution in [3.63, 3.8) is 0 Å². The van der Waals surface area contributed by atoms with Crippen LogP contribution < -0.4 is 4.74 Å². The zero-order valence-corrected chi connectivity index (χ0v) is 18.4. The van der Waals surface area contributed by atoms with Crippen molar-refractivity contribution >= 4 is 5.97 Å². The quantitative estimate of drug-likeness (QED) is 0.257. The van der Waals surface area contributed by atoms with Crippen molar-refractivity contribution in [3.8, 4) is 5.75 Å². The van der Waals surface area contributed by atoms with E-state index in [0.29, 0.717) is 25.0 Å². The van der Waals surface area contributed by atoms with Crippen molar-refractivity contribution in [2.45, 2.75) is 73.7 Å². The van der Waals surface area contributed by atoms with Crippen LogP contribution in [0.1, 0.15) is 72.4 Å². The number of halogens is 6. The van der Waals surface area contributed by atoms with E-state index in [2.05, 4.69) is 0 Å². The van der Waals surface area contributed by atoms with E-state index >= 15 is 0 Å². The molecule has 0 saturated carbocycles. The van der Waals surface area contributed by atoms with Crippen LogP contribution in [0, 0.1) is 22.7 Å². The molecule has 0 heterocycles. The molecule has 0 aliphatic carbocycles. The Kier molecular flexibility index (Phi) is 7.71. The van der Waals surface area contributed by atoms with E-state index in [1.54, 1.807) is 6.92 Å². The molecule has 1 aromatic carbocycles. The van der Waals surface area contributed by atoms with E-state index in [9.17, 15) is 31.1 Å². The first-order chi connectivity index (χ1) is 13.3. The van der Waals surface area contributed by atoms with Crippen LogP contribution in [-0.4, -0.2) is 5.97 Å². The highest BCUT2D eigenvalue weighted by atomic mass is 19.4. The molecule has 0 amide bonds. The number of alkyl halides is 6. The highest BCUT2D eigenvalue weighted by molar-refractivity contribution is 5.79. The second kappa shape index (κ2) is 8.79. The Hall–Kier alpha value is -1.73. The molecular formula is C22H30F6O2. The van der Waals surface area contributed by atoms with Crippen molar-refractivity contribution in [2.75, 3.05) is 0 Å². The average molecular weight is 440 g/mol. The lowest BCUT2D eigenvalue weighted by molar-refractivity contribution is -0.153. The highest BCUT2D eigenvalue weighted by Crippen LogP contribution is 2.46. The zero-order chi connectivity index (χ0) is 23.7. The summed E-state index contributed by atoms with van der Waals surface area (Å²) in [7, 11) is 0. The van der Waals surface area contributed by atoms with Gasteiger partial charge in [-0.1, -0.05) is 48.0 Å². The molecule has 2 atom stereocenters. The molecule has 0 aliphatic rings. The maximum absolute atomic E-state index is 13.2. The van der Waals surface area contributed by atoms with Crippen LogP contribution in [0.4, 0.5) is 26.3 Å². The summed E-state index contributed by atoms with van der Waals surface area (Å²) in [6.07, 6.45) is -9.06. The summed E-state index contributed by atoms with van der Waals surface area (Å²) in [6, 6.07) is 0.872. The summed E-state index contributed by atoms with van der Waals surface area (Å²) in [5.41, 5.74) is -4.45. The van der Waals surface area contributed by atoms with Crippen molar-refractivity contribution in [2.24, 2.45) is 22.7 Å². The summed E-state index contributed by atoms with van der Waals surface area (Å²) in [6.45, 7) is 13.2. The predicted molar refractivity (Wildman–Crippen MR) is 103 cm³/mol. The van der Waals surface area contributed by atoms with Crippen LogP contribution in [0.3, 0.4) is 0 Å². The minimum atomic E-state index is -5.01. The highest BCUT2D eigenvalue weighted by Gasteiger charge is 2.46. The van der Waals surface area contributed by atoms with Crippen molar-refractivity contribution < 1.29 is 35.9 Å². The summed E-state index contributed by atoms with van der Waals surface area (Å²) in [5.74, 6) is -1.70. The Morgan fingerprint density at radius 3 is 1.63 bits per heavy atom. The van der Waals surface area contributed by atoms with E-state index in [4.69, 9.17) is 4.74 Å². The summed E-state index contributed by atoms with van der Waals surface area (Å²) < 4.78 is 83.9. The number of rotatable bonds is 6. The lowest BCUT2D eigenvalue weighted by Crippen LogP contribution is -2.43. The first-order valence-corrected chi connectivity index (χ1v) is 9.83. The van der Waals surface area contributed by atoms with Gasteiger partial charge in [-0.15, -0.1) is 0 Å². The summed E-state index contributed by atoms with van der Waals surface area (Å²) >= 11 is 0. The molecule has 172 valence electrons. The molecule has 0 spiro atoms. The Labute approximate surface area is 174 Å². The van der Waals surface area contributed by atoms with Crippen LogP contribution in [0.2, 0.25) is 0 Å². The zero-order valence-electron chi connectivity index (χ0n) is 18.4. The van der Waals surface area contributed by atoms with Gasteiger partial charge in [0.15, 0.2) is 0 Å². The normalized spacial score (nSPS) is 16.3. The third-order valence-electron chi connectivity index (χ3n) is 5.20. The third-order valence-corrected chi connectivity index (χ3v) is 5.20. The second-order valence-electron chi connectivity index (χ2n) is 9.54. The van der Waals surface area contributed by atoms with E-state index in [1.165, 1.54) is 0 Å². The standard InChI is InChI=1S/C22H30F6O2/c1-8-17(13(2)3)20(7,12-19(4,5)6)18(29)30-16-10-14(21(23,24)25)9-15(11-16)22(26,27)28/h9-11,13,17H,8,12H2,1-7H3. The van der Waals surface area contributed by atoms with Crippen LogP contribution in [0.25, 0.3) is 0 Å². The Morgan fingerprint density at radius 2 is 1.33 bits per heavy atom. The lowest BCUT2D eigenvalue weighted by atomic mass is 9.63. The Bertz CT molecular complexity index is 711. The van der Waals surface area contributed by atoms with E-state index in [1.807, 2.05) is 41.5 Å². The largest absolute Gasteiger partial charge is 0.426 e. The number of carbonyl (C=O) groups excluding carboxylic acids is 1. The molecule has 0 radical (unpaired) electrons. The van der Waals surface area contributed by atoms with Gasteiger partial charge in [-0.25, -0.2) is 0 Å². The smallest absolute Gasteiger partial charge is 0.416 e. The molecular weight excluding hydrogens is 410 g/mol. The number of carbonyl (C=O) groups is 1. The number of ether oxygens (including phenoxy) is 1. The SMILES string of the molecule is CCC(C(C)C)C(C)(CC(C)(C)C)C(=O)Oc1cc(C(F)(F)F)cc(C(F)(F)F)c1. The molecule has 0 aliphatic heterocycles. The van der Waals surface area contributed by atoms with Gasteiger partial charge in [-0.2, -0.15) is 26.3 Å². The Balaban J connectivity index is 3.48. The summed E-state index contributed by atoms with van der Waals surface area (Å²) in [4.78, 5) is 13.2. The first-order valence-electron chi connectivity index (χ1n) is 9.83. The van der Waals surface area contributed by atoms with Gasteiger partial charge >= 0.3 is 18.3 Å². The predicted octanol–water partition coefficient (Wildman–Crippen LogP) is 7.75. The minimum Gasteiger partial charge on any atom is -0.426 e. The molecule has 30 heavy (non-hydrogen) atoms. The molecule has 0 saturated heterocycles. The average Bonchev–Trinajstić information content (AvgIpc) is 2.51. The molecule has 2 nitrogen and oxygen atoms in total. The first kappa shape index (κ1) is 26.3. The fourth-order valence-electron chi connectivity index (χ4n) is 4.32. The molecule has 8 heteroatoms. The van der Waals surface area contributed by atoms with Gasteiger partial charge < -0.3 is 4.74 Å². The van der Waals surface area contributed by atoms with Crippen molar-refractivity contribution in [1.82, 2.24) is 0 Å². The number of hydrogen-bond acceptors (Lipinski definition) is 2. The third kappa shape index (κ3) is 6.64. The fraction of sp³-hybridized carbons (Fsp3) is 0.682. The van der Waals surface area contributed by atoms with Gasteiger partial charge in [0, 0.05) is 0 Å². The van der Waals surface area contributed by atoms with Gasteiger partial charge in [0.1, 0.15) is 5.75 Å². The van der Waals surface area contributed by atoms with E-state index in [-0.39, 0.29) is 23.3 Å². The van der Waals surface area contributed by atoms with Crippen LogP contribution in [0.15, 0.2) is 18.2 Å². The second-order valence-corrected chi connectivity index (χ2v) is 9.54. The topological polar surface area (TPSA) is 26.3 Å². The van der Waals surface area contributed by atoms with E-state index < -0.39 is 40.6 Å². The Morgan fingerprint density at radius 1 is 0.900 bits per heavy atom. The van der Waals surface area contributed by atoms with Gasteiger partial charge in [0.2, 0.25) is 0 Å². The van der Waals surface area contributed by atoms with Crippen molar-refractivity contribution in [1.29, 1.82) is 0 Å². The van der Waals surface area contributed by atoms with Crippen molar-refractivity contribution in [3.05, 3.63) is 29.3 Å². The summed E-state index contributed by atoms with van der Waals surface area (Å²) in [5, 5.41) is 0. The molecule has 0 N–H and O–H groups in total. The minimum absolute atomic E-state index is 0.00858. The molecule has 0 fully saturated rings. The number of benzene rings is 1. The van der Waals surface area contributed by atoms with Crippen LogP contribution in [0.5, 0.6) is 5.75 Å². The molecule has 1 rings (SSSR count).